The van der Waals surface area contributed by atoms with E-state index in [2.05, 4.69) is 66.9 Å². The maximum Gasteiger partial charge on any atom is 0.0413 e. The number of nitrogens with one attached hydrogen (secondary N) is 2. The molecule has 2 aromatic rings. The van der Waals surface area contributed by atoms with Gasteiger partial charge in [0, 0.05) is 23.1 Å². The SMILES string of the molecule is Cc1ccccc1Nc1ccc(NC2CCCCC2)c(C)c1. The van der Waals surface area contributed by atoms with Gasteiger partial charge in [-0.25, -0.2) is 0 Å². The fourth-order valence-electron chi connectivity index (χ4n) is 3.24. The molecule has 2 N–H and O–H groups in total. The van der Waals surface area contributed by atoms with Gasteiger partial charge >= 0.3 is 0 Å². The molecule has 0 aromatic heterocycles. The highest BCUT2D eigenvalue weighted by atomic mass is 14.9. The topological polar surface area (TPSA) is 24.1 Å². The van der Waals surface area contributed by atoms with Crippen molar-refractivity contribution in [2.75, 3.05) is 10.6 Å². The number of hydrogen-bond acceptors (Lipinski definition) is 2. The Hall–Kier alpha value is -1.96. The highest BCUT2D eigenvalue weighted by Crippen LogP contribution is 2.27. The zero-order chi connectivity index (χ0) is 15.4. The first-order chi connectivity index (χ1) is 10.7. The molecule has 0 heterocycles. The first-order valence-corrected chi connectivity index (χ1v) is 8.42. The van der Waals surface area contributed by atoms with Gasteiger partial charge in [0.1, 0.15) is 0 Å². The van der Waals surface area contributed by atoms with Crippen LogP contribution in [-0.4, -0.2) is 6.04 Å². The van der Waals surface area contributed by atoms with Crippen LogP contribution in [0, 0.1) is 13.8 Å². The molecular formula is C20H26N2. The van der Waals surface area contributed by atoms with Crippen LogP contribution in [0.4, 0.5) is 17.1 Å². The van der Waals surface area contributed by atoms with E-state index in [1.807, 2.05) is 0 Å². The first-order valence-electron chi connectivity index (χ1n) is 8.42. The molecule has 0 bridgehead atoms. The number of rotatable bonds is 4. The molecule has 0 saturated heterocycles. The third-order valence-corrected chi connectivity index (χ3v) is 4.62. The lowest BCUT2D eigenvalue weighted by molar-refractivity contribution is 0.462. The van der Waals surface area contributed by atoms with Crippen LogP contribution in [0.1, 0.15) is 43.2 Å². The van der Waals surface area contributed by atoms with Gasteiger partial charge in [-0.05, 0) is 62.1 Å². The van der Waals surface area contributed by atoms with E-state index in [1.165, 1.54) is 54.6 Å². The first kappa shape index (κ1) is 15.0. The average molecular weight is 294 g/mol. The van der Waals surface area contributed by atoms with E-state index in [-0.39, 0.29) is 0 Å². The van der Waals surface area contributed by atoms with Crippen molar-refractivity contribution in [3.63, 3.8) is 0 Å². The summed E-state index contributed by atoms with van der Waals surface area (Å²) in [6, 6.07) is 15.7. The van der Waals surface area contributed by atoms with Crippen molar-refractivity contribution >= 4 is 17.1 Å². The molecule has 1 aliphatic carbocycles. The summed E-state index contributed by atoms with van der Waals surface area (Å²) in [6.45, 7) is 4.32. The lowest BCUT2D eigenvalue weighted by Gasteiger charge is -2.25. The molecule has 2 nitrogen and oxygen atoms in total. The number of aryl methyl sites for hydroxylation is 2. The molecule has 1 fully saturated rings. The predicted molar refractivity (Wildman–Crippen MR) is 96.1 cm³/mol. The van der Waals surface area contributed by atoms with E-state index in [9.17, 15) is 0 Å². The minimum atomic E-state index is 0.655. The maximum atomic E-state index is 3.72. The lowest BCUT2D eigenvalue weighted by Crippen LogP contribution is -2.22. The van der Waals surface area contributed by atoms with E-state index in [0.29, 0.717) is 6.04 Å². The molecule has 0 spiro atoms. The molecule has 3 rings (SSSR count). The van der Waals surface area contributed by atoms with Crippen molar-refractivity contribution in [2.45, 2.75) is 52.0 Å². The van der Waals surface area contributed by atoms with Crippen molar-refractivity contribution in [1.29, 1.82) is 0 Å². The van der Waals surface area contributed by atoms with Gasteiger partial charge in [0.25, 0.3) is 0 Å². The average Bonchev–Trinajstić information content (AvgIpc) is 2.53. The maximum absolute atomic E-state index is 3.72. The number of para-hydroxylation sites is 1. The smallest absolute Gasteiger partial charge is 0.0413 e. The Balaban J connectivity index is 1.70. The fourth-order valence-corrected chi connectivity index (χ4v) is 3.24. The second-order valence-corrected chi connectivity index (χ2v) is 6.45. The summed E-state index contributed by atoms with van der Waals surface area (Å²) in [5.41, 5.74) is 6.19. The lowest BCUT2D eigenvalue weighted by atomic mass is 9.95. The quantitative estimate of drug-likeness (QED) is 0.745. The Morgan fingerprint density at radius 1 is 0.818 bits per heavy atom. The summed E-state index contributed by atoms with van der Waals surface area (Å²) in [7, 11) is 0. The molecule has 0 unspecified atom stereocenters. The third-order valence-electron chi connectivity index (χ3n) is 4.62. The number of hydrogen-bond donors (Lipinski definition) is 2. The highest BCUT2D eigenvalue weighted by molar-refractivity contribution is 5.67. The summed E-state index contributed by atoms with van der Waals surface area (Å²) in [4.78, 5) is 0. The molecule has 0 radical (unpaired) electrons. The predicted octanol–water partition coefficient (Wildman–Crippen LogP) is 5.79. The van der Waals surface area contributed by atoms with Gasteiger partial charge in [-0.1, -0.05) is 37.5 Å². The molecule has 2 aromatic carbocycles. The van der Waals surface area contributed by atoms with Crippen LogP contribution in [0.3, 0.4) is 0 Å². The summed E-state index contributed by atoms with van der Waals surface area (Å²) in [5.74, 6) is 0. The molecular weight excluding hydrogens is 268 g/mol. The molecule has 0 atom stereocenters. The summed E-state index contributed by atoms with van der Waals surface area (Å²) >= 11 is 0. The Kier molecular flexibility index (Phi) is 4.67. The van der Waals surface area contributed by atoms with Crippen LogP contribution in [0.5, 0.6) is 0 Å². The Morgan fingerprint density at radius 2 is 1.59 bits per heavy atom. The van der Waals surface area contributed by atoms with Crippen molar-refractivity contribution in [2.24, 2.45) is 0 Å². The zero-order valence-corrected chi connectivity index (χ0v) is 13.7. The molecule has 2 heteroatoms. The molecule has 116 valence electrons. The van der Waals surface area contributed by atoms with Crippen LogP contribution in [0.2, 0.25) is 0 Å². The van der Waals surface area contributed by atoms with Gasteiger partial charge in [0.05, 0.1) is 0 Å². The van der Waals surface area contributed by atoms with E-state index < -0.39 is 0 Å². The third kappa shape index (κ3) is 3.62. The van der Waals surface area contributed by atoms with Crippen LogP contribution in [0.25, 0.3) is 0 Å². The van der Waals surface area contributed by atoms with Crippen molar-refractivity contribution in [3.05, 3.63) is 53.6 Å². The van der Waals surface area contributed by atoms with Gasteiger partial charge in [0.15, 0.2) is 0 Å². The van der Waals surface area contributed by atoms with E-state index in [4.69, 9.17) is 0 Å². The van der Waals surface area contributed by atoms with E-state index in [1.54, 1.807) is 0 Å². The molecule has 1 aliphatic rings. The van der Waals surface area contributed by atoms with Gasteiger partial charge in [-0.2, -0.15) is 0 Å². The molecule has 1 saturated carbocycles. The van der Waals surface area contributed by atoms with Crippen molar-refractivity contribution in [3.8, 4) is 0 Å². The molecule has 0 aliphatic heterocycles. The Labute approximate surface area is 134 Å². The second-order valence-electron chi connectivity index (χ2n) is 6.45. The Bertz CT molecular complexity index is 627. The van der Waals surface area contributed by atoms with Gasteiger partial charge in [-0.15, -0.1) is 0 Å². The van der Waals surface area contributed by atoms with E-state index >= 15 is 0 Å². The van der Waals surface area contributed by atoms with Crippen LogP contribution in [-0.2, 0) is 0 Å². The summed E-state index contributed by atoms with van der Waals surface area (Å²) < 4.78 is 0. The van der Waals surface area contributed by atoms with Gasteiger partial charge in [-0.3, -0.25) is 0 Å². The standard InChI is InChI=1S/C20H26N2/c1-15-8-6-7-11-19(15)22-18-12-13-20(16(2)14-18)21-17-9-4-3-5-10-17/h6-8,11-14,17,21-22H,3-5,9-10H2,1-2H3. The van der Waals surface area contributed by atoms with Crippen LogP contribution >= 0.6 is 0 Å². The summed E-state index contributed by atoms with van der Waals surface area (Å²) in [5, 5.41) is 7.24. The van der Waals surface area contributed by atoms with E-state index in [0.717, 1.165) is 5.69 Å². The molecule has 22 heavy (non-hydrogen) atoms. The largest absolute Gasteiger partial charge is 0.382 e. The minimum Gasteiger partial charge on any atom is -0.382 e. The number of anilines is 3. The minimum absolute atomic E-state index is 0.655. The molecule has 0 amide bonds. The number of benzene rings is 2. The van der Waals surface area contributed by atoms with Crippen LogP contribution < -0.4 is 10.6 Å². The Morgan fingerprint density at radius 3 is 2.32 bits per heavy atom. The van der Waals surface area contributed by atoms with Gasteiger partial charge < -0.3 is 10.6 Å². The summed E-state index contributed by atoms with van der Waals surface area (Å²) in [6.07, 6.45) is 6.75. The van der Waals surface area contributed by atoms with Crippen LogP contribution in [0.15, 0.2) is 42.5 Å². The highest BCUT2D eigenvalue weighted by Gasteiger charge is 2.13. The zero-order valence-electron chi connectivity index (χ0n) is 13.7. The van der Waals surface area contributed by atoms with Crippen molar-refractivity contribution < 1.29 is 0 Å². The fraction of sp³-hybridized carbons (Fsp3) is 0.400. The second kappa shape index (κ2) is 6.87. The normalized spacial score (nSPS) is 15.5. The van der Waals surface area contributed by atoms with Crippen molar-refractivity contribution in [1.82, 2.24) is 0 Å². The van der Waals surface area contributed by atoms with Gasteiger partial charge in [0.2, 0.25) is 0 Å². The monoisotopic (exact) mass is 294 g/mol.